The van der Waals surface area contributed by atoms with E-state index in [0.29, 0.717) is 5.41 Å². The van der Waals surface area contributed by atoms with Gasteiger partial charge in [-0.1, -0.05) is 12.8 Å². The minimum atomic E-state index is 0.517. The summed E-state index contributed by atoms with van der Waals surface area (Å²) in [6.45, 7) is 3.19. The number of ether oxygens (including phenoxy) is 2. The Morgan fingerprint density at radius 3 is 2.30 bits per heavy atom. The molecule has 2 aliphatic rings. The van der Waals surface area contributed by atoms with Crippen molar-refractivity contribution in [3.63, 3.8) is 0 Å². The lowest BCUT2D eigenvalue weighted by Crippen LogP contribution is -2.57. The van der Waals surface area contributed by atoms with E-state index < -0.39 is 0 Å². The van der Waals surface area contributed by atoms with Crippen molar-refractivity contribution in [1.82, 2.24) is 5.32 Å². The number of methoxy groups -OCH3 is 1. The van der Waals surface area contributed by atoms with Gasteiger partial charge in [-0.15, -0.1) is 0 Å². The fraction of sp³-hybridized carbons (Fsp3) is 0.647. The topological polar surface area (TPSA) is 30.5 Å². The molecule has 1 aliphatic heterocycles. The fourth-order valence-corrected chi connectivity index (χ4v) is 3.70. The van der Waals surface area contributed by atoms with E-state index in [1.54, 1.807) is 7.11 Å². The molecule has 1 saturated heterocycles. The van der Waals surface area contributed by atoms with E-state index in [0.717, 1.165) is 24.0 Å². The van der Waals surface area contributed by atoms with Gasteiger partial charge in [0.15, 0.2) is 0 Å². The quantitative estimate of drug-likeness (QED) is 0.864. The maximum atomic E-state index is 5.91. The third kappa shape index (κ3) is 2.78. The van der Waals surface area contributed by atoms with Crippen LogP contribution in [0.2, 0.25) is 0 Å². The van der Waals surface area contributed by atoms with Crippen molar-refractivity contribution in [2.75, 3.05) is 26.8 Å². The lowest BCUT2D eigenvalue weighted by molar-refractivity contribution is 0.0522. The lowest BCUT2D eigenvalue weighted by atomic mass is 9.68. The second-order valence-corrected chi connectivity index (χ2v) is 6.22. The van der Waals surface area contributed by atoms with Gasteiger partial charge < -0.3 is 14.8 Å². The van der Waals surface area contributed by atoms with Gasteiger partial charge in [-0.2, -0.15) is 0 Å². The first-order valence-electron chi connectivity index (χ1n) is 7.80. The van der Waals surface area contributed by atoms with Gasteiger partial charge in [0.1, 0.15) is 11.5 Å². The van der Waals surface area contributed by atoms with Crippen molar-refractivity contribution >= 4 is 0 Å². The molecular formula is C17H25NO2. The highest BCUT2D eigenvalue weighted by atomic mass is 16.5. The van der Waals surface area contributed by atoms with Crippen LogP contribution in [0.1, 0.15) is 32.1 Å². The van der Waals surface area contributed by atoms with Crippen molar-refractivity contribution in [1.29, 1.82) is 0 Å². The zero-order chi connectivity index (χ0) is 13.8. The van der Waals surface area contributed by atoms with Crippen LogP contribution in [0.5, 0.6) is 11.5 Å². The highest BCUT2D eigenvalue weighted by molar-refractivity contribution is 5.31. The number of nitrogens with one attached hydrogen (secondary N) is 1. The van der Waals surface area contributed by atoms with Crippen molar-refractivity contribution in [3.05, 3.63) is 24.3 Å². The van der Waals surface area contributed by atoms with Gasteiger partial charge in [-0.25, -0.2) is 0 Å². The first-order valence-corrected chi connectivity index (χ1v) is 7.80. The molecule has 110 valence electrons. The molecule has 0 aromatic heterocycles. The summed E-state index contributed by atoms with van der Waals surface area (Å²) in [6.07, 6.45) is 6.86. The highest BCUT2D eigenvalue weighted by Gasteiger charge is 2.44. The van der Waals surface area contributed by atoms with Crippen LogP contribution < -0.4 is 14.8 Å². The van der Waals surface area contributed by atoms with E-state index in [1.807, 2.05) is 24.3 Å². The van der Waals surface area contributed by atoms with Gasteiger partial charge in [0.2, 0.25) is 0 Å². The number of rotatable bonds is 6. The van der Waals surface area contributed by atoms with Crippen LogP contribution in [-0.4, -0.2) is 26.8 Å². The van der Waals surface area contributed by atoms with Crippen LogP contribution >= 0.6 is 0 Å². The van der Waals surface area contributed by atoms with Gasteiger partial charge >= 0.3 is 0 Å². The summed E-state index contributed by atoms with van der Waals surface area (Å²) in [6, 6.07) is 7.88. The molecule has 1 aliphatic carbocycles. The van der Waals surface area contributed by atoms with Gasteiger partial charge in [0.25, 0.3) is 0 Å². The summed E-state index contributed by atoms with van der Waals surface area (Å²) < 4.78 is 11.1. The second kappa shape index (κ2) is 6.04. The third-order valence-electron chi connectivity index (χ3n) is 5.10. The van der Waals surface area contributed by atoms with E-state index in [2.05, 4.69) is 5.32 Å². The molecule has 1 saturated carbocycles. The first kappa shape index (κ1) is 13.7. The molecule has 1 aromatic carbocycles. The summed E-state index contributed by atoms with van der Waals surface area (Å²) in [5.74, 6) is 2.74. The minimum absolute atomic E-state index is 0.517. The van der Waals surface area contributed by atoms with Crippen LogP contribution in [-0.2, 0) is 0 Å². The molecule has 0 amide bonds. The molecular weight excluding hydrogens is 250 g/mol. The summed E-state index contributed by atoms with van der Waals surface area (Å²) in [4.78, 5) is 0. The zero-order valence-electron chi connectivity index (χ0n) is 12.4. The Hall–Kier alpha value is -1.22. The molecule has 3 nitrogen and oxygen atoms in total. The monoisotopic (exact) mass is 275 g/mol. The molecule has 0 spiro atoms. The van der Waals surface area contributed by atoms with Crippen LogP contribution in [0.3, 0.4) is 0 Å². The van der Waals surface area contributed by atoms with Gasteiger partial charge in [0.05, 0.1) is 13.7 Å². The third-order valence-corrected chi connectivity index (χ3v) is 5.10. The Morgan fingerprint density at radius 2 is 1.75 bits per heavy atom. The number of hydrogen-bond donors (Lipinski definition) is 1. The maximum absolute atomic E-state index is 5.91. The average molecular weight is 275 g/mol. The van der Waals surface area contributed by atoms with E-state index in [4.69, 9.17) is 9.47 Å². The van der Waals surface area contributed by atoms with Crippen LogP contribution in [0.25, 0.3) is 0 Å². The summed E-state index contributed by atoms with van der Waals surface area (Å²) >= 11 is 0. The maximum Gasteiger partial charge on any atom is 0.119 e. The largest absolute Gasteiger partial charge is 0.497 e. The van der Waals surface area contributed by atoms with Gasteiger partial charge in [-0.3, -0.25) is 0 Å². The SMILES string of the molecule is COc1ccc(OCCC2(C3CCCC3)CNC2)cc1. The van der Waals surface area contributed by atoms with Crippen LogP contribution in [0.4, 0.5) is 0 Å². The molecule has 0 radical (unpaired) electrons. The Kier molecular flexibility index (Phi) is 4.16. The highest BCUT2D eigenvalue weighted by Crippen LogP contribution is 2.45. The molecule has 1 N–H and O–H groups in total. The summed E-state index contributed by atoms with van der Waals surface area (Å²) in [5.41, 5.74) is 0.517. The van der Waals surface area contributed by atoms with Crippen molar-refractivity contribution in [2.45, 2.75) is 32.1 Å². The Morgan fingerprint density at radius 1 is 1.10 bits per heavy atom. The van der Waals surface area contributed by atoms with E-state index >= 15 is 0 Å². The first-order chi connectivity index (χ1) is 9.82. The predicted molar refractivity (Wildman–Crippen MR) is 80.4 cm³/mol. The lowest BCUT2D eigenvalue weighted by Gasteiger charge is -2.47. The standard InChI is InChI=1S/C17H25NO2/c1-19-15-6-8-16(9-7-15)20-11-10-17(12-18-13-17)14-4-2-3-5-14/h6-9,14,18H,2-5,10-13H2,1H3. The molecule has 0 atom stereocenters. The van der Waals surface area contributed by atoms with Crippen LogP contribution in [0.15, 0.2) is 24.3 Å². The van der Waals surface area contributed by atoms with Crippen LogP contribution in [0, 0.1) is 11.3 Å². The summed E-state index contributed by atoms with van der Waals surface area (Å²) in [7, 11) is 1.69. The second-order valence-electron chi connectivity index (χ2n) is 6.22. The molecule has 3 heteroatoms. The van der Waals surface area contributed by atoms with E-state index in [-0.39, 0.29) is 0 Å². The smallest absolute Gasteiger partial charge is 0.119 e. The fourth-order valence-electron chi connectivity index (χ4n) is 3.70. The Bertz CT molecular complexity index is 419. The normalized spacial score (nSPS) is 21.4. The molecule has 20 heavy (non-hydrogen) atoms. The van der Waals surface area contributed by atoms with Crippen molar-refractivity contribution in [2.24, 2.45) is 11.3 Å². The van der Waals surface area contributed by atoms with E-state index in [1.165, 1.54) is 45.2 Å². The van der Waals surface area contributed by atoms with Gasteiger partial charge in [0, 0.05) is 18.5 Å². The number of hydrogen-bond acceptors (Lipinski definition) is 3. The Balaban J connectivity index is 1.50. The predicted octanol–water partition coefficient (Wildman–Crippen LogP) is 3.24. The average Bonchev–Trinajstić information content (AvgIpc) is 2.97. The summed E-state index contributed by atoms with van der Waals surface area (Å²) in [5, 5.41) is 3.47. The Labute approximate surface area is 121 Å². The minimum Gasteiger partial charge on any atom is -0.497 e. The molecule has 0 unspecified atom stereocenters. The molecule has 2 fully saturated rings. The zero-order valence-corrected chi connectivity index (χ0v) is 12.4. The van der Waals surface area contributed by atoms with Crippen molar-refractivity contribution in [3.8, 4) is 11.5 Å². The van der Waals surface area contributed by atoms with E-state index in [9.17, 15) is 0 Å². The molecule has 1 aromatic rings. The molecule has 0 bridgehead atoms. The number of benzene rings is 1. The molecule has 3 rings (SSSR count). The van der Waals surface area contributed by atoms with Crippen molar-refractivity contribution < 1.29 is 9.47 Å². The van der Waals surface area contributed by atoms with Gasteiger partial charge in [-0.05, 0) is 49.4 Å². The molecule has 1 heterocycles.